The third kappa shape index (κ3) is 5.62. The van der Waals surface area contributed by atoms with Crippen molar-refractivity contribution in [2.24, 2.45) is 0 Å². The molecule has 2 atom stereocenters. The van der Waals surface area contributed by atoms with Gasteiger partial charge in [0.05, 0.1) is 36.6 Å². The number of hydrogen-bond acceptors (Lipinski definition) is 7. The van der Waals surface area contributed by atoms with Crippen LogP contribution in [0, 0.1) is 0 Å². The van der Waals surface area contributed by atoms with E-state index in [4.69, 9.17) is 21.1 Å². The van der Waals surface area contributed by atoms with Gasteiger partial charge in [0.15, 0.2) is 0 Å². The third-order valence-electron chi connectivity index (χ3n) is 6.72. The normalized spacial score (nSPS) is 22.8. The van der Waals surface area contributed by atoms with Crippen LogP contribution in [-0.2, 0) is 27.5 Å². The molecule has 1 aromatic heterocycles. The number of halogens is 1. The summed E-state index contributed by atoms with van der Waals surface area (Å²) in [7, 11) is 0. The number of rotatable bonds is 3. The molecule has 1 N–H and O–H groups in total. The van der Waals surface area contributed by atoms with E-state index in [0.29, 0.717) is 74.2 Å². The molecule has 11 nitrogen and oxygen atoms in total. The second-order valence-electron chi connectivity index (χ2n) is 9.28. The second kappa shape index (κ2) is 10.8. The zero-order valence-corrected chi connectivity index (χ0v) is 20.7. The molecule has 4 bridgehead atoms. The van der Waals surface area contributed by atoms with E-state index in [1.807, 2.05) is 6.20 Å². The number of nitrogens with zero attached hydrogens (tertiary/aromatic N) is 5. The van der Waals surface area contributed by atoms with Gasteiger partial charge in [-0.05, 0) is 24.6 Å². The van der Waals surface area contributed by atoms with Gasteiger partial charge in [0, 0.05) is 57.5 Å². The van der Waals surface area contributed by atoms with Crippen molar-refractivity contribution >= 4 is 29.3 Å². The highest BCUT2D eigenvalue weighted by molar-refractivity contribution is 6.32. The fraction of sp³-hybridized carbons (Fsp3) is 0.542. The van der Waals surface area contributed by atoms with Crippen molar-refractivity contribution in [1.29, 1.82) is 0 Å². The van der Waals surface area contributed by atoms with Crippen LogP contribution in [0.3, 0.4) is 0 Å². The Hall–Kier alpha value is -3.18. The van der Waals surface area contributed by atoms with Crippen LogP contribution in [0.1, 0.15) is 41.7 Å². The predicted octanol–water partition coefficient (Wildman–Crippen LogP) is 1.25. The Morgan fingerprint density at radius 1 is 1.19 bits per heavy atom. The van der Waals surface area contributed by atoms with Gasteiger partial charge >= 0.3 is 0 Å². The fourth-order valence-corrected chi connectivity index (χ4v) is 4.91. The van der Waals surface area contributed by atoms with Gasteiger partial charge < -0.3 is 24.6 Å². The van der Waals surface area contributed by atoms with Gasteiger partial charge in [-0.3, -0.25) is 19.1 Å². The molecular formula is C24H29ClN6O5. The minimum atomic E-state index is -0.424. The van der Waals surface area contributed by atoms with Crippen molar-refractivity contribution in [2.75, 3.05) is 32.8 Å². The lowest BCUT2D eigenvalue weighted by Gasteiger charge is -2.20. The Bertz CT molecular complexity index is 1140. The topological polar surface area (TPSA) is 119 Å². The zero-order chi connectivity index (χ0) is 25.1. The van der Waals surface area contributed by atoms with Crippen molar-refractivity contribution in [1.82, 2.24) is 30.1 Å². The van der Waals surface area contributed by atoms with E-state index < -0.39 is 12.1 Å². The summed E-state index contributed by atoms with van der Waals surface area (Å²) in [5.74, 6) is 0.159. The van der Waals surface area contributed by atoms with E-state index in [2.05, 4.69) is 15.6 Å². The van der Waals surface area contributed by atoms with Crippen LogP contribution < -0.4 is 10.1 Å². The first-order valence-corrected chi connectivity index (χ1v) is 12.6. The van der Waals surface area contributed by atoms with Crippen LogP contribution in [0.2, 0.25) is 5.02 Å². The molecule has 5 rings (SSSR count). The highest BCUT2D eigenvalue weighted by Gasteiger charge is 2.37. The van der Waals surface area contributed by atoms with Crippen molar-refractivity contribution in [3.05, 3.63) is 40.7 Å². The smallest absolute Gasteiger partial charge is 0.251 e. The number of carbonyl (C=O) groups is 3. The van der Waals surface area contributed by atoms with Crippen LogP contribution in [-0.4, -0.2) is 87.4 Å². The van der Waals surface area contributed by atoms with Crippen molar-refractivity contribution in [3.8, 4) is 5.75 Å². The first-order valence-electron chi connectivity index (χ1n) is 12.3. The van der Waals surface area contributed by atoms with Gasteiger partial charge in [-0.1, -0.05) is 16.8 Å². The molecule has 192 valence electrons. The minimum absolute atomic E-state index is 0.0703. The molecule has 2 aromatic rings. The Balaban J connectivity index is 1.31. The molecule has 36 heavy (non-hydrogen) atoms. The quantitative estimate of drug-likeness (QED) is 0.652. The van der Waals surface area contributed by atoms with E-state index in [1.54, 1.807) is 32.7 Å². The number of nitrogens with one attached hydrogen (secondary N) is 1. The summed E-state index contributed by atoms with van der Waals surface area (Å²) in [6, 6.07) is 4.48. The lowest BCUT2D eigenvalue weighted by molar-refractivity contribution is -0.132. The molecule has 2 saturated heterocycles. The molecule has 0 aliphatic carbocycles. The molecule has 0 radical (unpaired) electrons. The number of hydrogen-bond donors (Lipinski definition) is 1. The summed E-state index contributed by atoms with van der Waals surface area (Å²) < 4.78 is 13.7. The molecule has 3 aliphatic rings. The molecule has 2 fully saturated rings. The monoisotopic (exact) mass is 516 g/mol. The summed E-state index contributed by atoms with van der Waals surface area (Å²) >= 11 is 6.27. The van der Waals surface area contributed by atoms with Crippen molar-refractivity contribution in [2.45, 2.75) is 51.0 Å². The molecule has 1 aromatic carbocycles. The van der Waals surface area contributed by atoms with Crippen molar-refractivity contribution < 1.29 is 23.9 Å². The van der Waals surface area contributed by atoms with E-state index in [9.17, 15) is 14.4 Å². The minimum Gasteiger partial charge on any atom is -0.492 e. The number of carbonyl (C=O) groups excluding carboxylic acids is 3. The predicted molar refractivity (Wildman–Crippen MR) is 128 cm³/mol. The molecule has 4 heterocycles. The maximum atomic E-state index is 13.1. The largest absolute Gasteiger partial charge is 0.492 e. The summed E-state index contributed by atoms with van der Waals surface area (Å²) in [5.41, 5.74) is 1.08. The van der Waals surface area contributed by atoms with Gasteiger partial charge in [0.25, 0.3) is 5.91 Å². The van der Waals surface area contributed by atoms with Gasteiger partial charge in [0.1, 0.15) is 11.4 Å². The van der Waals surface area contributed by atoms with Gasteiger partial charge in [-0.2, -0.15) is 0 Å². The second-order valence-corrected chi connectivity index (χ2v) is 9.69. The maximum absolute atomic E-state index is 13.1. The summed E-state index contributed by atoms with van der Waals surface area (Å²) in [6.45, 7) is 2.98. The summed E-state index contributed by atoms with van der Waals surface area (Å²) in [6.07, 6.45) is 3.70. The molecule has 0 unspecified atom stereocenters. The third-order valence-corrected chi connectivity index (χ3v) is 7.03. The Labute approximate surface area is 213 Å². The van der Waals surface area contributed by atoms with Gasteiger partial charge in [-0.15, -0.1) is 5.10 Å². The standard InChI is InChI=1S/C24H29ClN6O5/c25-18-5-4-16-11-20(18)35-10-2-8-31-12-17(27-28-31)15-36-21-14-30(13-19(21)26-24(16)34)23(33)6-9-29-7-1-3-22(29)32/h4-5,11-12,19,21H,1-3,6-10,13-15H2,(H,26,34)/t19-,21-/m0/s1. The lowest BCUT2D eigenvalue weighted by atomic mass is 10.1. The van der Waals surface area contributed by atoms with Crippen molar-refractivity contribution in [3.63, 3.8) is 0 Å². The van der Waals surface area contributed by atoms with Gasteiger partial charge in [-0.25, -0.2) is 0 Å². The average molecular weight is 517 g/mol. The fourth-order valence-electron chi connectivity index (χ4n) is 4.74. The number of aryl methyl sites for hydroxylation is 1. The highest BCUT2D eigenvalue weighted by Crippen LogP contribution is 2.26. The van der Waals surface area contributed by atoms with E-state index in [-0.39, 0.29) is 30.7 Å². The van der Waals surface area contributed by atoms with E-state index in [0.717, 1.165) is 6.42 Å². The molecule has 12 heteroatoms. The van der Waals surface area contributed by atoms with Gasteiger partial charge in [0.2, 0.25) is 11.8 Å². The number of fused-ring (bicyclic) bond motifs is 5. The molecule has 3 aliphatic heterocycles. The molecule has 0 saturated carbocycles. The number of aromatic nitrogens is 3. The average Bonchev–Trinajstić information content (AvgIpc) is 3.59. The molecule has 0 spiro atoms. The Morgan fingerprint density at radius 3 is 2.92 bits per heavy atom. The van der Waals surface area contributed by atoms with Crippen LogP contribution in [0.15, 0.2) is 24.4 Å². The lowest BCUT2D eigenvalue weighted by Crippen LogP contribution is -2.44. The molecular weight excluding hydrogens is 488 g/mol. The summed E-state index contributed by atoms with van der Waals surface area (Å²) in [5, 5.41) is 11.7. The SMILES string of the molecule is O=C1N[C@H]2CN(C(=O)CCN3CCCC3=O)C[C@@H]2OCc2cn(nn2)CCCOc2cc1ccc2Cl. The van der Waals surface area contributed by atoms with Crippen LogP contribution in [0.5, 0.6) is 5.75 Å². The first-order chi connectivity index (χ1) is 17.5. The number of likely N-dealkylation sites (tertiary alicyclic amines) is 2. The number of amides is 3. The first kappa shape index (κ1) is 24.5. The Kier molecular flexibility index (Phi) is 7.38. The highest BCUT2D eigenvalue weighted by atomic mass is 35.5. The van der Waals surface area contributed by atoms with Crippen LogP contribution in [0.25, 0.3) is 0 Å². The maximum Gasteiger partial charge on any atom is 0.251 e. The van der Waals surface area contributed by atoms with E-state index >= 15 is 0 Å². The van der Waals surface area contributed by atoms with Crippen LogP contribution in [0.4, 0.5) is 0 Å². The molecule has 3 amide bonds. The summed E-state index contributed by atoms with van der Waals surface area (Å²) in [4.78, 5) is 41.4. The van der Waals surface area contributed by atoms with E-state index in [1.165, 1.54) is 0 Å². The van der Waals surface area contributed by atoms with Crippen LogP contribution >= 0.6 is 11.6 Å². The number of benzene rings is 1. The zero-order valence-electron chi connectivity index (χ0n) is 19.9. The Morgan fingerprint density at radius 2 is 2.08 bits per heavy atom. The number of ether oxygens (including phenoxy) is 2.